The highest BCUT2D eigenvalue weighted by atomic mass is 32.2. The molecule has 1 aliphatic heterocycles. The number of thioether (sulfide) groups is 1. The summed E-state index contributed by atoms with van der Waals surface area (Å²) in [6.45, 7) is 2.19. The van der Waals surface area contributed by atoms with Crippen molar-refractivity contribution in [2.45, 2.75) is 69.7 Å². The Morgan fingerprint density at radius 1 is 0.812 bits per heavy atom. The Balaban J connectivity index is 1.04. The van der Waals surface area contributed by atoms with Crippen LogP contribution in [-0.4, -0.2) is 11.3 Å². The molecule has 0 radical (unpaired) electrons. The standard InChI is InChI=1S/C27H38N4S/c1-20-7-11-22(12-8-20)24-15-17-25(18-16-24)23-13-9-21(10-14-23)19-32-27-28-29-30-31(27)26-5-3-2-4-6-26/h2-8,11-12,21,23-25,27-30H,9-10,13-19H2,1H3. The number of nitrogens with one attached hydrogen (secondary N) is 3. The van der Waals surface area contributed by atoms with Gasteiger partial charge in [0.1, 0.15) is 0 Å². The number of hydrogen-bond donors (Lipinski definition) is 3. The number of benzene rings is 2. The average Bonchev–Trinajstić information content (AvgIpc) is 3.33. The summed E-state index contributed by atoms with van der Waals surface area (Å²) in [5.41, 5.74) is 14.0. The zero-order valence-corrected chi connectivity index (χ0v) is 20.1. The van der Waals surface area contributed by atoms with Gasteiger partial charge >= 0.3 is 0 Å². The van der Waals surface area contributed by atoms with Crippen molar-refractivity contribution in [3.63, 3.8) is 0 Å². The molecular formula is C27H38N4S. The van der Waals surface area contributed by atoms with Crippen LogP contribution in [-0.2, 0) is 0 Å². The van der Waals surface area contributed by atoms with Gasteiger partial charge in [0.25, 0.3) is 0 Å². The fraction of sp³-hybridized carbons (Fsp3) is 0.556. The Bertz CT molecular complexity index is 826. The molecule has 2 saturated carbocycles. The van der Waals surface area contributed by atoms with Crippen LogP contribution in [0.3, 0.4) is 0 Å². The van der Waals surface area contributed by atoms with E-state index in [0.717, 1.165) is 23.7 Å². The van der Waals surface area contributed by atoms with Gasteiger partial charge in [0.05, 0.1) is 5.69 Å². The molecule has 32 heavy (non-hydrogen) atoms. The maximum Gasteiger partial charge on any atom is 0.157 e. The van der Waals surface area contributed by atoms with E-state index >= 15 is 0 Å². The van der Waals surface area contributed by atoms with Gasteiger partial charge in [0, 0.05) is 0 Å². The molecule has 3 fully saturated rings. The molecule has 1 saturated heterocycles. The van der Waals surface area contributed by atoms with Crippen molar-refractivity contribution in [1.82, 2.24) is 16.5 Å². The van der Waals surface area contributed by atoms with E-state index in [4.69, 9.17) is 0 Å². The van der Waals surface area contributed by atoms with E-state index in [2.05, 4.69) is 83.0 Å². The Hall–Kier alpha value is -1.53. The quantitative estimate of drug-likeness (QED) is 0.494. The summed E-state index contributed by atoms with van der Waals surface area (Å²) in [5, 5.41) is 2.18. The van der Waals surface area contributed by atoms with Gasteiger partial charge in [-0.2, -0.15) is 11.1 Å². The van der Waals surface area contributed by atoms with Gasteiger partial charge in [-0.25, -0.2) is 5.43 Å². The van der Waals surface area contributed by atoms with Crippen LogP contribution in [0.15, 0.2) is 54.6 Å². The molecule has 5 heteroatoms. The van der Waals surface area contributed by atoms with Gasteiger partial charge in [-0.15, -0.1) is 11.8 Å². The molecule has 1 heterocycles. The lowest BCUT2D eigenvalue weighted by Crippen LogP contribution is -2.39. The zero-order chi connectivity index (χ0) is 21.8. The summed E-state index contributed by atoms with van der Waals surface area (Å²) in [6, 6.07) is 19.8. The summed E-state index contributed by atoms with van der Waals surface area (Å²) in [6.07, 6.45) is 11.4. The number of nitrogens with zero attached hydrogens (tertiary/aromatic N) is 1. The van der Waals surface area contributed by atoms with Crippen LogP contribution in [0, 0.1) is 24.7 Å². The Morgan fingerprint density at radius 2 is 1.47 bits per heavy atom. The maximum atomic E-state index is 3.35. The largest absolute Gasteiger partial charge is 0.266 e. The third-order valence-electron chi connectivity index (χ3n) is 8.01. The predicted octanol–water partition coefficient (Wildman–Crippen LogP) is 6.13. The lowest BCUT2D eigenvalue weighted by molar-refractivity contribution is 0.166. The summed E-state index contributed by atoms with van der Waals surface area (Å²) in [7, 11) is 0. The second kappa shape index (κ2) is 10.6. The molecule has 4 nitrogen and oxygen atoms in total. The second-order valence-corrected chi connectivity index (χ2v) is 11.2. The predicted molar refractivity (Wildman–Crippen MR) is 136 cm³/mol. The first kappa shape index (κ1) is 22.3. The first-order valence-corrected chi connectivity index (χ1v) is 13.6. The third kappa shape index (κ3) is 5.33. The molecule has 5 rings (SSSR count). The van der Waals surface area contributed by atoms with E-state index < -0.39 is 0 Å². The SMILES string of the molecule is Cc1ccc(C2CCC(C3CCC(CSC4NNNN4c4ccccc4)CC3)CC2)cc1. The molecule has 3 N–H and O–H groups in total. The Labute approximate surface area is 197 Å². The van der Waals surface area contributed by atoms with E-state index in [1.807, 2.05) is 11.8 Å². The second-order valence-electron chi connectivity index (χ2n) is 10.1. The number of para-hydroxylation sites is 1. The fourth-order valence-corrected chi connectivity index (χ4v) is 7.25. The lowest BCUT2D eigenvalue weighted by Gasteiger charge is -2.38. The first-order valence-electron chi connectivity index (χ1n) is 12.5. The van der Waals surface area contributed by atoms with Crippen molar-refractivity contribution in [3.8, 4) is 0 Å². The number of anilines is 1. The molecule has 0 spiro atoms. The molecule has 0 amide bonds. The Morgan fingerprint density at radius 3 is 2.16 bits per heavy atom. The zero-order valence-electron chi connectivity index (χ0n) is 19.3. The minimum atomic E-state index is 0.229. The molecule has 0 aromatic heterocycles. The average molecular weight is 451 g/mol. The third-order valence-corrected chi connectivity index (χ3v) is 9.32. The van der Waals surface area contributed by atoms with Gasteiger partial charge < -0.3 is 0 Å². The lowest BCUT2D eigenvalue weighted by atomic mass is 9.68. The minimum absolute atomic E-state index is 0.229. The van der Waals surface area contributed by atoms with E-state index in [1.165, 1.54) is 68.4 Å². The van der Waals surface area contributed by atoms with Crippen molar-refractivity contribution in [1.29, 1.82) is 0 Å². The minimum Gasteiger partial charge on any atom is -0.266 e. The van der Waals surface area contributed by atoms with Crippen LogP contribution in [0.1, 0.15) is 68.4 Å². The molecule has 2 aliphatic carbocycles. The number of rotatable bonds is 6. The molecule has 0 bridgehead atoms. The van der Waals surface area contributed by atoms with Crippen LogP contribution in [0.25, 0.3) is 0 Å². The number of hydrazine groups is 3. The number of aryl methyl sites for hydroxylation is 1. The van der Waals surface area contributed by atoms with Crippen molar-refractivity contribution in [3.05, 3.63) is 65.7 Å². The normalized spacial score (nSPS) is 31.0. The molecule has 2 aromatic rings. The molecule has 1 unspecified atom stereocenters. The molecule has 2 aromatic carbocycles. The summed E-state index contributed by atoms with van der Waals surface area (Å²) in [4.78, 5) is 0. The highest BCUT2D eigenvalue weighted by Gasteiger charge is 2.32. The smallest absolute Gasteiger partial charge is 0.157 e. The van der Waals surface area contributed by atoms with Gasteiger partial charge in [0.15, 0.2) is 5.50 Å². The van der Waals surface area contributed by atoms with Gasteiger partial charge in [-0.3, -0.25) is 5.01 Å². The van der Waals surface area contributed by atoms with E-state index in [0.29, 0.717) is 0 Å². The van der Waals surface area contributed by atoms with Crippen molar-refractivity contribution < 1.29 is 0 Å². The summed E-state index contributed by atoms with van der Waals surface area (Å²) < 4.78 is 0. The van der Waals surface area contributed by atoms with E-state index in [-0.39, 0.29) is 5.50 Å². The van der Waals surface area contributed by atoms with Crippen LogP contribution in [0.4, 0.5) is 5.69 Å². The van der Waals surface area contributed by atoms with E-state index in [1.54, 1.807) is 5.56 Å². The van der Waals surface area contributed by atoms with Crippen molar-refractivity contribution in [2.75, 3.05) is 10.8 Å². The van der Waals surface area contributed by atoms with Crippen molar-refractivity contribution >= 4 is 17.4 Å². The van der Waals surface area contributed by atoms with Crippen LogP contribution in [0.5, 0.6) is 0 Å². The van der Waals surface area contributed by atoms with Crippen LogP contribution in [0.2, 0.25) is 0 Å². The molecule has 172 valence electrons. The van der Waals surface area contributed by atoms with Gasteiger partial charge in [-0.05, 0) is 105 Å². The molecule has 3 aliphatic rings. The monoisotopic (exact) mass is 450 g/mol. The highest BCUT2D eigenvalue weighted by molar-refractivity contribution is 7.99. The highest BCUT2D eigenvalue weighted by Crippen LogP contribution is 2.44. The van der Waals surface area contributed by atoms with Crippen LogP contribution < -0.4 is 21.5 Å². The number of hydrogen-bond acceptors (Lipinski definition) is 5. The van der Waals surface area contributed by atoms with E-state index in [9.17, 15) is 0 Å². The summed E-state index contributed by atoms with van der Waals surface area (Å²) >= 11 is 2.02. The van der Waals surface area contributed by atoms with Gasteiger partial charge in [0.2, 0.25) is 0 Å². The first-order chi connectivity index (χ1) is 15.8. The van der Waals surface area contributed by atoms with Gasteiger partial charge in [-0.1, -0.05) is 48.0 Å². The molecule has 1 atom stereocenters. The van der Waals surface area contributed by atoms with Crippen LogP contribution >= 0.6 is 11.8 Å². The maximum absolute atomic E-state index is 3.35. The fourth-order valence-electron chi connectivity index (χ4n) is 6.00. The topological polar surface area (TPSA) is 39.3 Å². The molecular weight excluding hydrogens is 412 g/mol. The summed E-state index contributed by atoms with van der Waals surface area (Å²) in [5.74, 6) is 4.85. The van der Waals surface area contributed by atoms with Crippen molar-refractivity contribution in [2.24, 2.45) is 17.8 Å². The Kier molecular flexibility index (Phi) is 7.38.